The Labute approximate surface area is 190 Å². The van der Waals surface area contributed by atoms with Crippen molar-refractivity contribution in [3.63, 3.8) is 0 Å². The van der Waals surface area contributed by atoms with Gasteiger partial charge in [0.1, 0.15) is 26.5 Å². The molecule has 0 saturated heterocycles. The molecule has 8 nitrogen and oxygen atoms in total. The van der Waals surface area contributed by atoms with Crippen molar-refractivity contribution >= 4 is 45.7 Å². The largest absolute Gasteiger partial charge is 0.463 e. The number of carboxylic acid groups (broad SMARTS) is 1. The van der Waals surface area contributed by atoms with Crippen LogP contribution in [0.25, 0.3) is 22.2 Å². The maximum Gasteiger partial charge on any atom is 0.432 e. The van der Waals surface area contributed by atoms with Crippen LogP contribution < -0.4 is 0 Å². The van der Waals surface area contributed by atoms with E-state index < -0.39 is 29.4 Å². The minimum Gasteiger partial charge on any atom is -0.463 e. The maximum atomic E-state index is 14.8. The fourth-order valence-electron chi connectivity index (χ4n) is 2.90. The number of benzene rings is 1. The molecule has 0 bridgehead atoms. The lowest BCUT2D eigenvalue weighted by atomic mass is 10.1. The number of halogens is 3. The Morgan fingerprint density at radius 1 is 1.23 bits per heavy atom. The smallest absolute Gasteiger partial charge is 0.432 e. The first-order chi connectivity index (χ1) is 14.4. The van der Waals surface area contributed by atoms with Crippen molar-refractivity contribution in [1.82, 2.24) is 19.7 Å². The fourth-order valence-corrected chi connectivity index (χ4v) is 3.55. The number of ether oxygens (including phenoxy) is 1. The maximum absolute atomic E-state index is 14.8. The molecule has 0 fully saturated rings. The number of rotatable bonds is 3. The molecule has 0 radical (unpaired) electrons. The Hall–Kier alpha value is -2.83. The summed E-state index contributed by atoms with van der Waals surface area (Å²) < 4.78 is 36.0. The van der Waals surface area contributed by atoms with Crippen LogP contribution in [0.15, 0.2) is 24.4 Å². The predicted octanol–water partition coefficient (Wildman–Crippen LogP) is 4.87. The normalized spacial score (nSPS) is 11.6. The summed E-state index contributed by atoms with van der Waals surface area (Å²) in [6, 6.07) is 3.63. The second kappa shape index (κ2) is 8.36. The van der Waals surface area contributed by atoms with Crippen molar-refractivity contribution in [2.24, 2.45) is 0 Å². The van der Waals surface area contributed by atoms with Gasteiger partial charge in [0, 0.05) is 19.0 Å². The van der Waals surface area contributed by atoms with E-state index in [1.54, 1.807) is 20.8 Å². The van der Waals surface area contributed by atoms with Crippen LogP contribution in [0, 0.1) is 15.3 Å². The molecular weight excluding hydrogens is 525 g/mol. The van der Waals surface area contributed by atoms with Crippen molar-refractivity contribution in [3.8, 4) is 11.3 Å². The van der Waals surface area contributed by atoms with Crippen LogP contribution in [0.3, 0.4) is 0 Å². The fraction of sp³-hybridized carbons (Fsp3) is 0.300. The summed E-state index contributed by atoms with van der Waals surface area (Å²) in [6.07, 6.45) is -0.704. The van der Waals surface area contributed by atoms with Crippen LogP contribution in [0.4, 0.5) is 18.4 Å². The van der Waals surface area contributed by atoms with E-state index in [-0.39, 0.29) is 28.9 Å². The Bertz CT molecular complexity index is 1170. The quantitative estimate of drug-likeness (QED) is 0.473. The summed E-state index contributed by atoms with van der Waals surface area (Å²) in [5, 5.41) is 13.5. The van der Waals surface area contributed by atoms with Crippen LogP contribution in [-0.4, -0.2) is 49.6 Å². The lowest BCUT2D eigenvalue weighted by Gasteiger charge is -2.24. The molecular formula is C20H19F2IN4O4. The van der Waals surface area contributed by atoms with Gasteiger partial charge in [-0.25, -0.2) is 18.4 Å². The first-order valence-electron chi connectivity index (χ1n) is 9.07. The van der Waals surface area contributed by atoms with Gasteiger partial charge in [-0.15, -0.1) is 0 Å². The molecule has 1 N–H and O–H groups in total. The number of amides is 1. The third-order valence-electron chi connectivity index (χ3n) is 4.19. The first-order valence-corrected chi connectivity index (χ1v) is 10.1. The zero-order valence-electron chi connectivity index (χ0n) is 17.1. The minimum atomic E-state index is -1.29. The molecule has 1 aromatic carbocycles. The van der Waals surface area contributed by atoms with Crippen molar-refractivity contribution in [2.75, 3.05) is 7.05 Å². The van der Waals surface area contributed by atoms with E-state index in [4.69, 9.17) is 4.74 Å². The van der Waals surface area contributed by atoms with Gasteiger partial charge in [0.15, 0.2) is 0 Å². The van der Waals surface area contributed by atoms with Gasteiger partial charge < -0.3 is 14.7 Å². The topological polar surface area (TPSA) is 97.5 Å². The second-order valence-electron chi connectivity index (χ2n) is 7.84. The molecule has 3 aromatic rings. The number of nitrogens with zero attached hydrogens (tertiary/aromatic N) is 4. The van der Waals surface area contributed by atoms with Gasteiger partial charge in [0.25, 0.3) is 0 Å². The highest BCUT2D eigenvalue weighted by Gasteiger charge is 2.22. The van der Waals surface area contributed by atoms with Gasteiger partial charge in [-0.1, -0.05) is 0 Å². The van der Waals surface area contributed by atoms with Crippen molar-refractivity contribution < 1.29 is 28.2 Å². The van der Waals surface area contributed by atoms with Crippen molar-refractivity contribution in [2.45, 2.75) is 32.9 Å². The standard InChI is InChI=1S/C20H19F2IN4O4/c1-20(2,3)31-19(30)26(4)9-10-5-12(21)16(13(22)6-10)14-7-11-15(8-24-14)27(18(28)29)25-17(11)23/h5-8H,9H2,1-4H3,(H,28,29). The van der Waals surface area contributed by atoms with E-state index in [1.165, 1.54) is 24.2 Å². The van der Waals surface area contributed by atoms with E-state index >= 15 is 0 Å². The number of hydrogen-bond acceptors (Lipinski definition) is 5. The number of carbonyl (C=O) groups is 2. The third-order valence-corrected chi connectivity index (χ3v) is 4.98. The summed E-state index contributed by atoms with van der Waals surface area (Å²) in [6.45, 7) is 5.10. The third kappa shape index (κ3) is 4.92. The number of pyridine rings is 1. The van der Waals surface area contributed by atoms with E-state index in [9.17, 15) is 23.5 Å². The zero-order chi connectivity index (χ0) is 23.1. The lowest BCUT2D eigenvalue weighted by Crippen LogP contribution is -2.33. The van der Waals surface area contributed by atoms with Gasteiger partial charge in [0.05, 0.1) is 17.5 Å². The molecule has 2 heterocycles. The van der Waals surface area contributed by atoms with Crippen LogP contribution in [0.5, 0.6) is 0 Å². The number of fused-ring (bicyclic) bond motifs is 1. The van der Waals surface area contributed by atoms with Gasteiger partial charge in [-0.05, 0) is 67.1 Å². The van der Waals surface area contributed by atoms with Crippen LogP contribution >= 0.6 is 22.6 Å². The predicted molar refractivity (Wildman–Crippen MR) is 117 cm³/mol. The highest BCUT2D eigenvalue weighted by molar-refractivity contribution is 14.1. The van der Waals surface area contributed by atoms with Crippen molar-refractivity contribution in [3.05, 3.63) is 45.3 Å². The molecule has 164 valence electrons. The Kier molecular flexibility index (Phi) is 6.16. The lowest BCUT2D eigenvalue weighted by molar-refractivity contribution is 0.0284. The van der Waals surface area contributed by atoms with Crippen molar-refractivity contribution in [1.29, 1.82) is 0 Å². The first kappa shape index (κ1) is 22.8. The highest BCUT2D eigenvalue weighted by atomic mass is 127. The molecule has 0 aliphatic rings. The Morgan fingerprint density at radius 2 is 1.84 bits per heavy atom. The summed E-state index contributed by atoms with van der Waals surface area (Å²) in [5.74, 6) is -1.72. The summed E-state index contributed by atoms with van der Waals surface area (Å²) in [4.78, 5) is 28.6. The summed E-state index contributed by atoms with van der Waals surface area (Å²) >= 11 is 1.84. The molecule has 0 saturated carbocycles. The average Bonchev–Trinajstić information content (AvgIpc) is 2.96. The van der Waals surface area contributed by atoms with E-state index in [2.05, 4.69) is 10.1 Å². The van der Waals surface area contributed by atoms with Gasteiger partial charge in [0.2, 0.25) is 0 Å². The average molecular weight is 544 g/mol. The van der Waals surface area contributed by atoms with E-state index in [1.807, 2.05) is 22.6 Å². The van der Waals surface area contributed by atoms with Crippen LogP contribution in [0.2, 0.25) is 0 Å². The molecule has 1 amide bonds. The van der Waals surface area contributed by atoms with Gasteiger partial charge >= 0.3 is 12.2 Å². The highest BCUT2D eigenvalue weighted by Crippen LogP contribution is 2.30. The zero-order valence-corrected chi connectivity index (χ0v) is 19.3. The van der Waals surface area contributed by atoms with E-state index in [0.29, 0.717) is 9.09 Å². The molecule has 2 aromatic heterocycles. The Balaban J connectivity index is 1.93. The molecule has 0 atom stereocenters. The summed E-state index contributed by atoms with van der Waals surface area (Å²) in [5.41, 5.74) is -0.609. The van der Waals surface area contributed by atoms with E-state index in [0.717, 1.165) is 16.8 Å². The van der Waals surface area contributed by atoms with Gasteiger partial charge in [-0.2, -0.15) is 9.78 Å². The number of hydrogen-bond donors (Lipinski definition) is 1. The molecule has 0 aliphatic carbocycles. The molecule has 0 spiro atoms. The van der Waals surface area contributed by atoms with Crippen LogP contribution in [-0.2, 0) is 11.3 Å². The number of carbonyl (C=O) groups excluding carboxylic acids is 1. The molecule has 0 aliphatic heterocycles. The SMILES string of the molecule is CN(Cc1cc(F)c(-c2cc3c(I)nn(C(=O)O)c3cn2)c(F)c1)C(=O)OC(C)(C)C. The molecule has 31 heavy (non-hydrogen) atoms. The molecule has 3 rings (SSSR count). The number of aromatic nitrogens is 3. The van der Waals surface area contributed by atoms with Gasteiger partial charge in [-0.3, -0.25) is 4.98 Å². The van der Waals surface area contributed by atoms with Crippen LogP contribution in [0.1, 0.15) is 26.3 Å². The summed E-state index contributed by atoms with van der Waals surface area (Å²) in [7, 11) is 1.47. The Morgan fingerprint density at radius 3 is 2.39 bits per heavy atom. The molecule has 0 unspecified atom stereocenters. The second-order valence-corrected chi connectivity index (χ2v) is 8.86. The monoisotopic (exact) mass is 544 g/mol. The molecule has 11 heteroatoms. The minimum absolute atomic E-state index is 0.00241.